The monoisotopic (exact) mass is 436 g/mol. The van der Waals surface area contributed by atoms with Gasteiger partial charge in [-0.05, 0) is 66.0 Å². The molecule has 2 aromatic carbocycles. The molecule has 0 unspecified atom stereocenters. The second-order valence-corrected chi connectivity index (χ2v) is 10.0. The Morgan fingerprint density at radius 3 is 2.47 bits per heavy atom. The Morgan fingerprint density at radius 1 is 1.09 bits per heavy atom. The maximum Gasteiger partial charge on any atom is 0.325 e. The van der Waals surface area contributed by atoms with Crippen LogP contribution < -0.4 is 10.1 Å². The van der Waals surface area contributed by atoms with Crippen molar-refractivity contribution in [3.05, 3.63) is 64.7 Å². The molecule has 6 heteroatoms. The summed E-state index contributed by atoms with van der Waals surface area (Å²) < 4.78 is 5.68. The minimum absolute atomic E-state index is 0.0124. The summed E-state index contributed by atoms with van der Waals surface area (Å²) >= 11 is 0. The number of fused-ring (bicyclic) bond motifs is 1. The summed E-state index contributed by atoms with van der Waals surface area (Å²) in [6.45, 7) is 8.01. The van der Waals surface area contributed by atoms with Crippen molar-refractivity contribution in [2.24, 2.45) is 0 Å². The third kappa shape index (κ3) is 4.24. The zero-order valence-corrected chi connectivity index (χ0v) is 19.3. The van der Waals surface area contributed by atoms with Gasteiger partial charge in [-0.1, -0.05) is 51.1 Å². The van der Waals surface area contributed by atoms with Gasteiger partial charge in [0.25, 0.3) is 5.91 Å². The average molecular weight is 437 g/mol. The number of benzene rings is 2. The van der Waals surface area contributed by atoms with Gasteiger partial charge in [-0.3, -0.25) is 9.69 Å². The molecule has 1 fully saturated rings. The SMILES string of the molecule is CC(C)(C)c1ccc(OC[C@@H](O)CN2C(=O)N[C@](C)(c3ccc4c(c3)CCC4)C2=O)cc1. The van der Waals surface area contributed by atoms with Crippen LogP contribution in [0.3, 0.4) is 0 Å². The number of imide groups is 1. The summed E-state index contributed by atoms with van der Waals surface area (Å²) in [6, 6.07) is 13.3. The zero-order chi connectivity index (χ0) is 23.1. The second-order valence-electron chi connectivity index (χ2n) is 10.0. The lowest BCUT2D eigenvalue weighted by Crippen LogP contribution is -2.42. The number of carbonyl (C=O) groups excluding carboxylic acids is 2. The van der Waals surface area contributed by atoms with Crippen LogP contribution in [0.25, 0.3) is 0 Å². The number of ether oxygens (including phenoxy) is 1. The van der Waals surface area contributed by atoms with E-state index in [-0.39, 0.29) is 24.5 Å². The molecule has 1 aliphatic carbocycles. The van der Waals surface area contributed by atoms with Gasteiger partial charge in [0.05, 0.1) is 6.54 Å². The first-order valence-corrected chi connectivity index (χ1v) is 11.3. The van der Waals surface area contributed by atoms with Crippen molar-refractivity contribution in [3.8, 4) is 5.75 Å². The van der Waals surface area contributed by atoms with Gasteiger partial charge in [0, 0.05) is 0 Å². The molecule has 4 rings (SSSR count). The van der Waals surface area contributed by atoms with Gasteiger partial charge >= 0.3 is 6.03 Å². The molecule has 2 aromatic rings. The summed E-state index contributed by atoms with van der Waals surface area (Å²) in [5.41, 5.74) is 3.45. The fourth-order valence-corrected chi connectivity index (χ4v) is 4.45. The van der Waals surface area contributed by atoms with E-state index in [0.717, 1.165) is 29.7 Å². The van der Waals surface area contributed by atoms with E-state index in [4.69, 9.17) is 4.74 Å². The predicted octanol–water partition coefficient (Wildman–Crippen LogP) is 3.68. The number of hydrogen-bond acceptors (Lipinski definition) is 4. The van der Waals surface area contributed by atoms with Crippen molar-refractivity contribution < 1.29 is 19.4 Å². The molecule has 2 N–H and O–H groups in total. The molecule has 0 radical (unpaired) electrons. The molecule has 2 aliphatic rings. The highest BCUT2D eigenvalue weighted by molar-refractivity contribution is 6.07. The number of aliphatic hydroxyl groups excluding tert-OH is 1. The minimum atomic E-state index is -1.13. The lowest BCUT2D eigenvalue weighted by atomic mass is 9.87. The predicted molar refractivity (Wildman–Crippen MR) is 123 cm³/mol. The molecule has 3 amide bonds. The number of hydrogen-bond donors (Lipinski definition) is 2. The van der Waals surface area contributed by atoms with Crippen LogP contribution in [0.15, 0.2) is 42.5 Å². The molecule has 2 atom stereocenters. The van der Waals surface area contributed by atoms with Gasteiger partial charge in [0.2, 0.25) is 0 Å². The van der Waals surface area contributed by atoms with Gasteiger partial charge in [0.15, 0.2) is 0 Å². The van der Waals surface area contributed by atoms with E-state index in [9.17, 15) is 14.7 Å². The van der Waals surface area contributed by atoms with Crippen LogP contribution in [-0.4, -0.2) is 41.2 Å². The van der Waals surface area contributed by atoms with Gasteiger partial charge in [-0.2, -0.15) is 0 Å². The fourth-order valence-electron chi connectivity index (χ4n) is 4.45. The van der Waals surface area contributed by atoms with E-state index in [1.807, 2.05) is 36.4 Å². The standard InChI is InChI=1S/C26H32N2O4/c1-25(2,3)19-10-12-22(13-11-19)32-16-21(29)15-28-23(30)26(4,27-24(28)31)20-9-8-17-6-5-7-18(17)14-20/h8-14,21,29H,5-7,15-16H2,1-4H3,(H,27,31)/t21-,26+/m0/s1. The fraction of sp³-hybridized carbons (Fsp3) is 0.462. The Labute approximate surface area is 189 Å². The average Bonchev–Trinajstić information content (AvgIpc) is 3.30. The van der Waals surface area contributed by atoms with E-state index in [0.29, 0.717) is 5.75 Å². The smallest absolute Gasteiger partial charge is 0.325 e. The molecule has 0 spiro atoms. The molecule has 170 valence electrons. The number of rotatable bonds is 6. The number of urea groups is 1. The Kier molecular flexibility index (Phi) is 5.76. The van der Waals surface area contributed by atoms with Crippen LogP contribution in [0, 0.1) is 0 Å². The Balaban J connectivity index is 1.39. The third-order valence-corrected chi connectivity index (χ3v) is 6.51. The van der Waals surface area contributed by atoms with E-state index in [1.54, 1.807) is 6.92 Å². The Bertz CT molecular complexity index is 1030. The largest absolute Gasteiger partial charge is 0.491 e. The van der Waals surface area contributed by atoms with Crippen molar-refractivity contribution in [1.29, 1.82) is 0 Å². The summed E-state index contributed by atoms with van der Waals surface area (Å²) in [7, 11) is 0. The van der Waals surface area contributed by atoms with Gasteiger partial charge < -0.3 is 15.2 Å². The summed E-state index contributed by atoms with van der Waals surface area (Å²) in [5, 5.41) is 13.3. The molecule has 0 saturated carbocycles. The van der Waals surface area contributed by atoms with E-state index < -0.39 is 17.7 Å². The molecular weight excluding hydrogens is 404 g/mol. The number of nitrogens with zero attached hydrogens (tertiary/aromatic N) is 1. The second kappa shape index (κ2) is 8.24. The van der Waals surface area contributed by atoms with Crippen LogP contribution in [0.1, 0.15) is 56.4 Å². The van der Waals surface area contributed by atoms with Crippen molar-refractivity contribution in [2.75, 3.05) is 13.2 Å². The molecule has 1 heterocycles. The van der Waals surface area contributed by atoms with Crippen molar-refractivity contribution in [2.45, 2.75) is 64.0 Å². The topological polar surface area (TPSA) is 78.9 Å². The van der Waals surface area contributed by atoms with Crippen LogP contribution in [0.4, 0.5) is 4.79 Å². The number of nitrogens with one attached hydrogen (secondary N) is 1. The van der Waals surface area contributed by atoms with Gasteiger partial charge in [-0.25, -0.2) is 4.79 Å². The number of β-amino-alcohol motifs (C(OH)–C–C–N with tert-alkyl or cyclic N) is 1. The lowest BCUT2D eigenvalue weighted by Gasteiger charge is -2.24. The quantitative estimate of drug-likeness (QED) is 0.677. The first-order valence-electron chi connectivity index (χ1n) is 11.3. The van der Waals surface area contributed by atoms with E-state index >= 15 is 0 Å². The van der Waals surface area contributed by atoms with Crippen molar-refractivity contribution >= 4 is 11.9 Å². The highest BCUT2D eigenvalue weighted by atomic mass is 16.5. The van der Waals surface area contributed by atoms with E-state index in [1.165, 1.54) is 16.7 Å². The molecule has 1 aliphatic heterocycles. The normalized spacial score (nSPS) is 21.5. The Hall–Kier alpha value is -2.86. The van der Waals surface area contributed by atoms with Crippen LogP contribution >= 0.6 is 0 Å². The summed E-state index contributed by atoms with van der Waals surface area (Å²) in [6.07, 6.45) is 2.18. The minimum Gasteiger partial charge on any atom is -0.491 e. The first kappa shape index (κ1) is 22.3. The van der Waals surface area contributed by atoms with Gasteiger partial charge in [0.1, 0.15) is 24.0 Å². The number of amides is 3. The molecular formula is C26H32N2O4. The number of aliphatic hydroxyl groups is 1. The lowest BCUT2D eigenvalue weighted by molar-refractivity contribution is -0.132. The molecule has 6 nitrogen and oxygen atoms in total. The van der Waals surface area contributed by atoms with Crippen molar-refractivity contribution in [3.63, 3.8) is 0 Å². The first-order chi connectivity index (χ1) is 15.1. The maximum absolute atomic E-state index is 13.2. The zero-order valence-electron chi connectivity index (χ0n) is 19.3. The van der Waals surface area contributed by atoms with Gasteiger partial charge in [-0.15, -0.1) is 0 Å². The number of carbonyl (C=O) groups is 2. The molecule has 0 bridgehead atoms. The highest BCUT2D eigenvalue weighted by Gasteiger charge is 2.49. The third-order valence-electron chi connectivity index (χ3n) is 6.51. The summed E-state index contributed by atoms with van der Waals surface area (Å²) in [5.74, 6) is 0.284. The molecule has 32 heavy (non-hydrogen) atoms. The van der Waals surface area contributed by atoms with Crippen molar-refractivity contribution in [1.82, 2.24) is 10.2 Å². The maximum atomic E-state index is 13.2. The van der Waals surface area contributed by atoms with Crippen LogP contribution in [0.2, 0.25) is 0 Å². The van der Waals surface area contributed by atoms with E-state index in [2.05, 4.69) is 32.2 Å². The van der Waals surface area contributed by atoms with Crippen LogP contribution in [-0.2, 0) is 28.6 Å². The molecule has 0 aromatic heterocycles. The van der Waals surface area contributed by atoms with Crippen LogP contribution in [0.5, 0.6) is 5.75 Å². The highest BCUT2D eigenvalue weighted by Crippen LogP contribution is 2.32. The molecule has 1 saturated heterocycles. The summed E-state index contributed by atoms with van der Waals surface area (Å²) in [4.78, 5) is 26.8. The number of aryl methyl sites for hydroxylation is 2. The Morgan fingerprint density at radius 2 is 1.78 bits per heavy atom.